The van der Waals surface area contributed by atoms with E-state index in [0.717, 1.165) is 0 Å². The van der Waals surface area contributed by atoms with Crippen molar-refractivity contribution in [2.45, 2.75) is 19.4 Å². The summed E-state index contributed by atoms with van der Waals surface area (Å²) in [6, 6.07) is 4.38. The van der Waals surface area contributed by atoms with E-state index >= 15 is 0 Å². The highest BCUT2D eigenvalue weighted by atomic mass is 16.5. The number of methoxy groups -OCH3 is 1. The van der Waals surface area contributed by atoms with Crippen molar-refractivity contribution in [1.82, 2.24) is 0 Å². The summed E-state index contributed by atoms with van der Waals surface area (Å²) in [4.78, 5) is 22.4. The molecule has 2 N–H and O–H groups in total. The van der Waals surface area contributed by atoms with Gasteiger partial charge in [-0.05, 0) is 18.2 Å². The summed E-state index contributed by atoms with van der Waals surface area (Å²) in [5.74, 6) is -1.22. The van der Waals surface area contributed by atoms with Gasteiger partial charge in [0.15, 0.2) is 11.9 Å². The fraction of sp³-hybridized carbons (Fsp3) is 0.333. The second-order valence-corrected chi connectivity index (χ2v) is 3.47. The molecule has 0 spiro atoms. The molecule has 92 valence electrons. The predicted octanol–water partition coefficient (Wildman–Crippen LogP) is 1.41. The number of carbonyl (C=O) groups excluding carboxylic acids is 1. The van der Waals surface area contributed by atoms with Crippen molar-refractivity contribution in [2.75, 3.05) is 7.11 Å². The van der Waals surface area contributed by atoms with Gasteiger partial charge in [0.2, 0.25) is 0 Å². The first-order valence-corrected chi connectivity index (χ1v) is 5.13. The van der Waals surface area contributed by atoms with Gasteiger partial charge in [0, 0.05) is 17.5 Å². The molecule has 1 aromatic rings. The number of Topliss-reactive ketones (excluding diaryl/α,β-unsaturated/α-hetero) is 1. The number of benzene rings is 1. The molecule has 0 radical (unpaired) electrons. The van der Waals surface area contributed by atoms with Crippen molar-refractivity contribution >= 4 is 11.8 Å². The summed E-state index contributed by atoms with van der Waals surface area (Å²) in [5.41, 5.74) is 0.270. The van der Waals surface area contributed by atoms with Crippen molar-refractivity contribution in [3.8, 4) is 5.75 Å². The third-order valence-corrected chi connectivity index (χ3v) is 2.41. The van der Waals surface area contributed by atoms with Crippen LogP contribution in [-0.4, -0.2) is 29.1 Å². The quantitative estimate of drug-likeness (QED) is 0.757. The topological polar surface area (TPSA) is 83.8 Å². The molecule has 17 heavy (non-hydrogen) atoms. The molecule has 0 amide bonds. The molecule has 0 heterocycles. The van der Waals surface area contributed by atoms with Gasteiger partial charge < -0.3 is 14.9 Å². The van der Waals surface area contributed by atoms with Crippen molar-refractivity contribution in [3.05, 3.63) is 29.3 Å². The van der Waals surface area contributed by atoms with Crippen LogP contribution in [0.4, 0.5) is 0 Å². The highest BCUT2D eigenvalue weighted by Crippen LogP contribution is 2.25. The van der Waals surface area contributed by atoms with Crippen LogP contribution in [0.15, 0.2) is 18.2 Å². The molecule has 0 aromatic heterocycles. The molecule has 5 nitrogen and oxygen atoms in total. The zero-order valence-electron chi connectivity index (χ0n) is 9.64. The average molecular weight is 238 g/mol. The Kier molecular flexibility index (Phi) is 4.23. The number of ketones is 1. The van der Waals surface area contributed by atoms with Crippen molar-refractivity contribution < 1.29 is 24.5 Å². The fourth-order valence-electron chi connectivity index (χ4n) is 1.47. The van der Waals surface area contributed by atoms with Crippen molar-refractivity contribution in [3.63, 3.8) is 0 Å². The van der Waals surface area contributed by atoms with Crippen LogP contribution in [0.5, 0.6) is 5.75 Å². The van der Waals surface area contributed by atoms with Crippen LogP contribution in [0.1, 0.15) is 35.4 Å². The van der Waals surface area contributed by atoms with Gasteiger partial charge in [-0.1, -0.05) is 6.92 Å². The van der Waals surface area contributed by atoms with Gasteiger partial charge in [-0.3, -0.25) is 4.79 Å². The molecule has 0 saturated heterocycles. The third kappa shape index (κ3) is 2.82. The minimum atomic E-state index is -1.73. The molecular formula is C12H14O5. The van der Waals surface area contributed by atoms with Gasteiger partial charge >= 0.3 is 5.97 Å². The second kappa shape index (κ2) is 5.45. The molecule has 1 aromatic carbocycles. The maximum atomic E-state index is 11.6. The number of aliphatic hydroxyl groups excluding tert-OH is 1. The summed E-state index contributed by atoms with van der Waals surface area (Å²) in [5, 5.41) is 18.3. The lowest BCUT2D eigenvalue weighted by atomic mass is 9.97. The number of rotatable bonds is 5. The first kappa shape index (κ1) is 13.2. The molecule has 1 atom stereocenters. The highest BCUT2D eigenvalue weighted by Gasteiger charge is 2.22. The van der Waals surface area contributed by atoms with Crippen LogP contribution in [0.25, 0.3) is 0 Å². The van der Waals surface area contributed by atoms with E-state index in [1.165, 1.54) is 19.2 Å². The lowest BCUT2D eigenvalue weighted by Crippen LogP contribution is -2.15. The van der Waals surface area contributed by atoms with E-state index in [1.807, 2.05) is 0 Å². The molecule has 0 fully saturated rings. The van der Waals surface area contributed by atoms with Crippen molar-refractivity contribution in [2.24, 2.45) is 0 Å². The van der Waals surface area contributed by atoms with Gasteiger partial charge in [-0.2, -0.15) is 0 Å². The Bertz CT molecular complexity index is 439. The maximum Gasteiger partial charge on any atom is 0.337 e. The second-order valence-electron chi connectivity index (χ2n) is 3.47. The van der Waals surface area contributed by atoms with Crippen LogP contribution < -0.4 is 4.74 Å². The lowest BCUT2D eigenvalue weighted by molar-refractivity contribution is -0.146. The number of carboxylic acids is 1. The molecule has 0 bridgehead atoms. The normalized spacial score (nSPS) is 11.9. The SMILES string of the molecule is CCC(=O)c1ccc(OC)cc1C(O)C(=O)O. The number of hydrogen-bond acceptors (Lipinski definition) is 4. The van der Waals surface area contributed by atoms with E-state index in [4.69, 9.17) is 9.84 Å². The summed E-state index contributed by atoms with van der Waals surface area (Å²) < 4.78 is 4.94. The average Bonchev–Trinajstić information content (AvgIpc) is 2.35. The zero-order valence-corrected chi connectivity index (χ0v) is 9.64. The Labute approximate surface area is 98.6 Å². The number of hydrogen-bond donors (Lipinski definition) is 2. The van der Waals surface area contributed by atoms with Gasteiger partial charge in [0.05, 0.1) is 7.11 Å². The molecule has 0 aliphatic heterocycles. The highest BCUT2D eigenvalue weighted by molar-refractivity contribution is 5.98. The Morgan fingerprint density at radius 1 is 1.41 bits per heavy atom. The van der Waals surface area contributed by atoms with E-state index in [-0.39, 0.29) is 23.3 Å². The van der Waals surface area contributed by atoms with Crippen LogP contribution in [0.3, 0.4) is 0 Å². The largest absolute Gasteiger partial charge is 0.497 e. The van der Waals surface area contributed by atoms with E-state index in [1.54, 1.807) is 13.0 Å². The molecular weight excluding hydrogens is 224 g/mol. The molecule has 5 heteroatoms. The Morgan fingerprint density at radius 3 is 2.53 bits per heavy atom. The molecule has 0 aliphatic rings. The number of aliphatic carboxylic acids is 1. The van der Waals surface area contributed by atoms with E-state index in [2.05, 4.69) is 0 Å². The van der Waals surface area contributed by atoms with Crippen molar-refractivity contribution in [1.29, 1.82) is 0 Å². The number of carboxylic acid groups (broad SMARTS) is 1. The fourth-order valence-corrected chi connectivity index (χ4v) is 1.47. The maximum absolute atomic E-state index is 11.6. The Morgan fingerprint density at radius 2 is 2.06 bits per heavy atom. The first-order chi connectivity index (χ1) is 8.01. The van der Waals surface area contributed by atoms with E-state index in [0.29, 0.717) is 5.75 Å². The van der Waals surface area contributed by atoms with Gasteiger partial charge in [-0.15, -0.1) is 0 Å². The molecule has 1 rings (SSSR count). The van der Waals surface area contributed by atoms with Crippen LogP contribution >= 0.6 is 0 Å². The Balaban J connectivity index is 3.30. The molecule has 0 aliphatic carbocycles. The summed E-state index contributed by atoms with van der Waals surface area (Å²) in [6.45, 7) is 1.67. The summed E-state index contributed by atoms with van der Waals surface area (Å²) in [6.07, 6.45) is -1.48. The van der Waals surface area contributed by atoms with E-state index in [9.17, 15) is 14.7 Å². The summed E-state index contributed by atoms with van der Waals surface area (Å²) in [7, 11) is 1.42. The van der Waals surface area contributed by atoms with Gasteiger partial charge in [0.25, 0.3) is 0 Å². The molecule has 0 saturated carbocycles. The minimum absolute atomic E-state index is 0.0590. The van der Waals surface area contributed by atoms with Crippen LogP contribution in [-0.2, 0) is 4.79 Å². The summed E-state index contributed by atoms with van der Waals surface area (Å²) >= 11 is 0. The predicted molar refractivity (Wildman–Crippen MR) is 60.2 cm³/mol. The Hall–Kier alpha value is -1.88. The number of aliphatic hydroxyl groups is 1. The zero-order chi connectivity index (χ0) is 13.0. The number of carbonyl (C=O) groups is 2. The number of ether oxygens (including phenoxy) is 1. The minimum Gasteiger partial charge on any atom is -0.497 e. The lowest BCUT2D eigenvalue weighted by Gasteiger charge is -2.12. The van der Waals surface area contributed by atoms with E-state index < -0.39 is 12.1 Å². The third-order valence-electron chi connectivity index (χ3n) is 2.41. The first-order valence-electron chi connectivity index (χ1n) is 5.13. The smallest absolute Gasteiger partial charge is 0.337 e. The monoisotopic (exact) mass is 238 g/mol. The van der Waals surface area contributed by atoms with Gasteiger partial charge in [0.1, 0.15) is 5.75 Å². The van der Waals surface area contributed by atoms with Gasteiger partial charge in [-0.25, -0.2) is 4.79 Å². The van der Waals surface area contributed by atoms with Crippen LogP contribution in [0, 0.1) is 0 Å². The van der Waals surface area contributed by atoms with Crippen LogP contribution in [0.2, 0.25) is 0 Å². The molecule has 1 unspecified atom stereocenters. The standard InChI is InChI=1S/C12H14O5/c1-3-10(13)8-5-4-7(17-2)6-9(8)11(14)12(15)16/h4-6,11,14H,3H2,1-2H3,(H,15,16).